The normalized spacial score (nSPS) is 13.5. The molecule has 0 rings (SSSR count). The molecule has 0 saturated heterocycles. The van der Waals surface area contributed by atoms with Crippen molar-refractivity contribution in [3.8, 4) is 0 Å². The van der Waals surface area contributed by atoms with Gasteiger partial charge in [0.05, 0.1) is 13.2 Å². The summed E-state index contributed by atoms with van der Waals surface area (Å²) < 4.78 is 32.8. The molecule has 324 valence electrons. The third kappa shape index (κ3) is 41.9. The molecule has 0 radical (unpaired) electrons. The lowest BCUT2D eigenvalue weighted by molar-refractivity contribution is -0.161. The van der Waals surface area contributed by atoms with Crippen molar-refractivity contribution in [1.29, 1.82) is 0 Å². The third-order valence-electron chi connectivity index (χ3n) is 9.84. The van der Waals surface area contributed by atoms with Crippen LogP contribution in [0.2, 0.25) is 0 Å². The first-order valence-electron chi connectivity index (χ1n) is 22.8. The topological polar surface area (TPSA) is 134 Å². The molecular weight excluding hydrogens is 713 g/mol. The van der Waals surface area contributed by atoms with Crippen LogP contribution in [0.5, 0.6) is 0 Å². The van der Waals surface area contributed by atoms with E-state index in [1.54, 1.807) is 0 Å². The van der Waals surface area contributed by atoms with Gasteiger partial charge in [-0.3, -0.25) is 18.6 Å². The van der Waals surface area contributed by atoms with E-state index >= 15 is 0 Å². The third-order valence-corrected chi connectivity index (χ3v) is 10.8. The molecule has 0 saturated carbocycles. The molecule has 0 aromatic carbocycles. The number of ether oxygens (including phenoxy) is 2. The summed E-state index contributed by atoms with van der Waals surface area (Å²) in [6, 6.07) is 0. The second kappa shape index (κ2) is 42.1. The first-order chi connectivity index (χ1) is 26.8. The van der Waals surface area contributed by atoms with Crippen LogP contribution in [0.4, 0.5) is 0 Å². The first kappa shape index (κ1) is 53.5. The Hall–Kier alpha value is -1.51. The van der Waals surface area contributed by atoms with Crippen LogP contribution >= 0.6 is 7.82 Å². The lowest BCUT2D eigenvalue weighted by Gasteiger charge is -2.19. The summed E-state index contributed by atoms with van der Waals surface area (Å²) in [5.41, 5.74) is 5.35. The molecule has 0 amide bonds. The second-order valence-corrected chi connectivity index (χ2v) is 16.7. The fourth-order valence-corrected chi connectivity index (χ4v) is 7.20. The van der Waals surface area contributed by atoms with Gasteiger partial charge in [0.25, 0.3) is 0 Å². The van der Waals surface area contributed by atoms with Gasteiger partial charge in [-0.15, -0.1) is 0 Å². The molecule has 0 bridgehead atoms. The Morgan fingerprint density at radius 2 is 0.945 bits per heavy atom. The number of rotatable bonds is 43. The van der Waals surface area contributed by atoms with E-state index in [0.29, 0.717) is 6.42 Å². The van der Waals surface area contributed by atoms with Gasteiger partial charge >= 0.3 is 19.8 Å². The van der Waals surface area contributed by atoms with E-state index in [4.69, 9.17) is 24.3 Å². The van der Waals surface area contributed by atoms with Gasteiger partial charge < -0.3 is 20.1 Å². The highest BCUT2D eigenvalue weighted by Crippen LogP contribution is 2.43. The summed E-state index contributed by atoms with van der Waals surface area (Å²) in [5, 5.41) is 0. The Labute approximate surface area is 338 Å². The van der Waals surface area contributed by atoms with Crippen LogP contribution in [0.25, 0.3) is 0 Å². The molecule has 0 aromatic rings. The van der Waals surface area contributed by atoms with E-state index in [0.717, 1.165) is 38.5 Å². The highest BCUT2D eigenvalue weighted by Gasteiger charge is 2.26. The van der Waals surface area contributed by atoms with Gasteiger partial charge in [-0.05, 0) is 44.9 Å². The number of phosphoric ester groups is 1. The van der Waals surface area contributed by atoms with Gasteiger partial charge in [-0.2, -0.15) is 0 Å². The maximum atomic E-state index is 12.6. The first-order valence-corrected chi connectivity index (χ1v) is 24.3. The van der Waals surface area contributed by atoms with Crippen molar-refractivity contribution < 1.29 is 37.6 Å². The number of carbonyl (C=O) groups excluding carboxylic acids is 2. The van der Waals surface area contributed by atoms with Crippen molar-refractivity contribution in [2.24, 2.45) is 5.73 Å². The predicted octanol–water partition coefficient (Wildman–Crippen LogP) is 13.2. The largest absolute Gasteiger partial charge is 0.472 e. The minimum atomic E-state index is -4.37. The van der Waals surface area contributed by atoms with Gasteiger partial charge in [-0.1, -0.05) is 186 Å². The number of phosphoric acid groups is 1. The molecule has 0 aliphatic carbocycles. The zero-order chi connectivity index (χ0) is 40.3. The summed E-state index contributed by atoms with van der Waals surface area (Å²) in [4.78, 5) is 34.9. The van der Waals surface area contributed by atoms with Crippen LogP contribution in [0, 0.1) is 0 Å². The monoisotopic (exact) mass is 800 g/mol. The molecule has 0 aliphatic heterocycles. The van der Waals surface area contributed by atoms with E-state index in [1.807, 2.05) is 0 Å². The highest BCUT2D eigenvalue weighted by atomic mass is 31.2. The molecule has 0 aliphatic rings. The molecule has 0 fully saturated rings. The van der Waals surface area contributed by atoms with E-state index in [2.05, 4.69) is 38.2 Å². The number of carbonyl (C=O) groups is 2. The summed E-state index contributed by atoms with van der Waals surface area (Å²) in [6.45, 7) is 3.73. The van der Waals surface area contributed by atoms with Crippen LogP contribution < -0.4 is 5.73 Å². The molecule has 2 atom stereocenters. The van der Waals surface area contributed by atoms with E-state index in [1.165, 1.54) is 148 Å². The number of esters is 2. The number of unbranched alkanes of at least 4 members (excludes halogenated alkanes) is 26. The molecule has 0 aromatic heterocycles. The quantitative estimate of drug-likeness (QED) is 0.0267. The van der Waals surface area contributed by atoms with Crippen molar-refractivity contribution in [3.63, 3.8) is 0 Å². The molecule has 10 heteroatoms. The maximum Gasteiger partial charge on any atom is 0.472 e. The average Bonchev–Trinajstić information content (AvgIpc) is 3.17. The van der Waals surface area contributed by atoms with Crippen LogP contribution in [0.3, 0.4) is 0 Å². The van der Waals surface area contributed by atoms with Gasteiger partial charge in [0.1, 0.15) is 6.61 Å². The van der Waals surface area contributed by atoms with Crippen molar-refractivity contribution in [2.75, 3.05) is 26.4 Å². The second-order valence-electron chi connectivity index (χ2n) is 15.3. The Morgan fingerprint density at radius 1 is 0.545 bits per heavy atom. The minimum Gasteiger partial charge on any atom is -0.462 e. The van der Waals surface area contributed by atoms with Crippen LogP contribution in [-0.2, 0) is 32.7 Å². The Morgan fingerprint density at radius 3 is 1.42 bits per heavy atom. The van der Waals surface area contributed by atoms with Crippen LogP contribution in [0.1, 0.15) is 219 Å². The number of allylic oxidation sites excluding steroid dienone is 4. The predicted molar refractivity (Wildman–Crippen MR) is 229 cm³/mol. The van der Waals surface area contributed by atoms with Gasteiger partial charge in [0, 0.05) is 19.4 Å². The molecule has 1 unspecified atom stereocenters. The van der Waals surface area contributed by atoms with Crippen molar-refractivity contribution in [3.05, 3.63) is 24.3 Å². The standard InChI is InChI=1S/C45H86NO8P/c1-3-5-7-9-11-13-15-17-19-20-21-22-24-25-27-29-31-33-35-37-44(47)51-41-43(42-53-55(49,50)52-40-39-46)54-45(48)38-36-34-32-30-28-26-23-18-16-14-12-10-8-6-4-2/h11,13,17,19,43H,3-10,12,14-16,18,20-42,46H2,1-2H3,(H,49,50)/b13-11+,19-17+/t43-/m1/s1. The fraction of sp³-hybridized carbons (Fsp3) is 0.867. The summed E-state index contributed by atoms with van der Waals surface area (Å²) in [5.74, 6) is -0.824. The smallest absolute Gasteiger partial charge is 0.462 e. The lowest BCUT2D eigenvalue weighted by Crippen LogP contribution is -2.29. The highest BCUT2D eigenvalue weighted by molar-refractivity contribution is 7.47. The fourth-order valence-electron chi connectivity index (χ4n) is 6.43. The molecule has 55 heavy (non-hydrogen) atoms. The summed E-state index contributed by atoms with van der Waals surface area (Å²) in [7, 11) is -4.37. The number of nitrogens with two attached hydrogens (primary N) is 1. The molecule has 0 spiro atoms. The van der Waals surface area contributed by atoms with E-state index in [-0.39, 0.29) is 38.6 Å². The van der Waals surface area contributed by atoms with E-state index in [9.17, 15) is 19.0 Å². The van der Waals surface area contributed by atoms with Crippen molar-refractivity contribution in [1.82, 2.24) is 0 Å². The van der Waals surface area contributed by atoms with Crippen molar-refractivity contribution in [2.45, 2.75) is 225 Å². The van der Waals surface area contributed by atoms with Gasteiger partial charge in [0.15, 0.2) is 6.10 Å². The Bertz CT molecular complexity index is 959. The number of hydrogen-bond donors (Lipinski definition) is 2. The number of hydrogen-bond acceptors (Lipinski definition) is 8. The Balaban J connectivity index is 4.09. The van der Waals surface area contributed by atoms with Crippen LogP contribution in [0.15, 0.2) is 24.3 Å². The lowest BCUT2D eigenvalue weighted by atomic mass is 10.0. The summed E-state index contributed by atoms with van der Waals surface area (Å²) >= 11 is 0. The summed E-state index contributed by atoms with van der Waals surface area (Å²) in [6.07, 6.45) is 44.9. The van der Waals surface area contributed by atoms with Crippen LogP contribution in [-0.4, -0.2) is 49.3 Å². The molecule has 0 heterocycles. The SMILES string of the molecule is CCCCC/C=C/C/C=C/CCCCCCCCCCCC(=O)OC[C@H](COP(=O)(O)OCCN)OC(=O)CCCCCCCCCCCCCCCCC. The van der Waals surface area contributed by atoms with E-state index < -0.39 is 26.5 Å². The maximum absolute atomic E-state index is 12.6. The molecular formula is C45H86NO8P. The Kier molecular flexibility index (Phi) is 40.9. The van der Waals surface area contributed by atoms with Crippen molar-refractivity contribution >= 4 is 19.8 Å². The average molecular weight is 800 g/mol. The minimum absolute atomic E-state index is 0.0547. The van der Waals surface area contributed by atoms with Gasteiger partial charge in [-0.25, -0.2) is 4.57 Å². The van der Waals surface area contributed by atoms with Gasteiger partial charge in [0.2, 0.25) is 0 Å². The molecule has 3 N–H and O–H groups in total. The molecule has 9 nitrogen and oxygen atoms in total. The zero-order valence-electron chi connectivity index (χ0n) is 35.7. The zero-order valence-corrected chi connectivity index (χ0v) is 36.6.